The number of aliphatic hydroxyl groups excluding tert-OH is 1. The fourth-order valence-corrected chi connectivity index (χ4v) is 2.60. The third-order valence-corrected chi connectivity index (χ3v) is 3.79. The largest absolute Gasteiger partial charge is 0.388 e. The lowest BCUT2D eigenvalue weighted by Crippen LogP contribution is -2.06. The predicted octanol–water partition coefficient (Wildman–Crippen LogP) is 4.12. The molecule has 0 saturated heterocycles. The van der Waals surface area contributed by atoms with Crippen molar-refractivity contribution in [2.45, 2.75) is 31.3 Å². The van der Waals surface area contributed by atoms with Gasteiger partial charge in [0.15, 0.2) is 0 Å². The Balaban J connectivity index is 1.86. The molecule has 20 heavy (non-hydrogen) atoms. The Morgan fingerprint density at radius 3 is 2.60 bits per heavy atom. The van der Waals surface area contributed by atoms with Crippen molar-refractivity contribution in [3.63, 3.8) is 0 Å². The number of benzene rings is 2. The molecule has 0 spiro atoms. The number of hydrogen-bond donors (Lipinski definition) is 1. The number of rotatable bonds is 4. The van der Waals surface area contributed by atoms with Gasteiger partial charge in [-0.15, -0.1) is 0 Å². The molecule has 2 aromatic rings. The van der Waals surface area contributed by atoms with Crippen LogP contribution in [0.5, 0.6) is 0 Å². The summed E-state index contributed by atoms with van der Waals surface area (Å²) in [4.78, 5) is 0. The summed E-state index contributed by atoms with van der Waals surface area (Å²) < 4.78 is 26.8. The summed E-state index contributed by atoms with van der Waals surface area (Å²) in [6, 6.07) is 11.0. The zero-order valence-electron chi connectivity index (χ0n) is 11.0. The van der Waals surface area contributed by atoms with Gasteiger partial charge in [0.1, 0.15) is 11.6 Å². The first-order chi connectivity index (χ1) is 9.65. The Labute approximate surface area is 116 Å². The minimum absolute atomic E-state index is 0.0906. The van der Waals surface area contributed by atoms with E-state index in [9.17, 15) is 13.9 Å². The van der Waals surface area contributed by atoms with Crippen LogP contribution < -0.4 is 0 Å². The number of hydrogen-bond acceptors (Lipinski definition) is 1. The second kappa shape index (κ2) is 5.33. The predicted molar refractivity (Wildman–Crippen MR) is 73.4 cm³/mol. The van der Waals surface area contributed by atoms with E-state index in [1.54, 1.807) is 0 Å². The summed E-state index contributed by atoms with van der Waals surface area (Å²) in [6.45, 7) is 0. The summed E-state index contributed by atoms with van der Waals surface area (Å²) in [6.07, 6.45) is 1.56. The van der Waals surface area contributed by atoms with Gasteiger partial charge in [0.05, 0.1) is 6.10 Å². The van der Waals surface area contributed by atoms with E-state index >= 15 is 0 Å². The fourth-order valence-electron chi connectivity index (χ4n) is 2.60. The van der Waals surface area contributed by atoms with Crippen molar-refractivity contribution in [2.24, 2.45) is 0 Å². The molecule has 1 saturated carbocycles. The second-order valence-corrected chi connectivity index (χ2v) is 5.36. The van der Waals surface area contributed by atoms with Crippen LogP contribution in [0.3, 0.4) is 0 Å². The molecule has 0 aromatic heterocycles. The van der Waals surface area contributed by atoms with E-state index in [-0.39, 0.29) is 12.0 Å². The van der Waals surface area contributed by atoms with Gasteiger partial charge in [-0.1, -0.05) is 24.3 Å². The van der Waals surface area contributed by atoms with Gasteiger partial charge in [-0.2, -0.15) is 0 Å². The molecule has 1 atom stereocenters. The van der Waals surface area contributed by atoms with E-state index in [1.807, 2.05) is 24.3 Å². The van der Waals surface area contributed by atoms with Crippen LogP contribution in [0, 0.1) is 11.6 Å². The molecule has 3 heteroatoms. The average Bonchev–Trinajstić information content (AvgIpc) is 3.27. The second-order valence-electron chi connectivity index (χ2n) is 5.36. The van der Waals surface area contributed by atoms with Crippen LogP contribution in [0.25, 0.3) is 0 Å². The van der Waals surface area contributed by atoms with Crippen molar-refractivity contribution in [3.8, 4) is 0 Å². The molecule has 1 aliphatic rings. The van der Waals surface area contributed by atoms with E-state index in [0.717, 1.165) is 42.2 Å². The Kier molecular flexibility index (Phi) is 3.53. The van der Waals surface area contributed by atoms with Crippen molar-refractivity contribution in [1.29, 1.82) is 0 Å². The highest BCUT2D eigenvalue weighted by Gasteiger charge is 2.27. The molecule has 0 heterocycles. The lowest BCUT2D eigenvalue weighted by atomic mass is 9.94. The van der Waals surface area contributed by atoms with Gasteiger partial charge in [-0.3, -0.25) is 0 Å². The van der Waals surface area contributed by atoms with Gasteiger partial charge < -0.3 is 5.11 Å². The zero-order chi connectivity index (χ0) is 14.1. The van der Waals surface area contributed by atoms with Gasteiger partial charge in [0.25, 0.3) is 0 Å². The Morgan fingerprint density at radius 1 is 1.10 bits per heavy atom. The Bertz CT molecular complexity index is 620. The maximum absolute atomic E-state index is 13.6. The summed E-state index contributed by atoms with van der Waals surface area (Å²) in [5.41, 5.74) is 2.18. The molecule has 3 rings (SSSR count). The quantitative estimate of drug-likeness (QED) is 0.889. The molecule has 104 valence electrons. The highest BCUT2D eigenvalue weighted by atomic mass is 19.1. The SMILES string of the molecule is OC(Cc1cc(F)ccc1F)c1ccccc1C1CC1. The van der Waals surface area contributed by atoms with Crippen molar-refractivity contribution >= 4 is 0 Å². The number of halogens is 2. The molecule has 1 unspecified atom stereocenters. The molecule has 0 amide bonds. The van der Waals surface area contributed by atoms with Crippen LogP contribution in [0.1, 0.15) is 41.6 Å². The minimum atomic E-state index is -0.803. The topological polar surface area (TPSA) is 20.2 Å². The van der Waals surface area contributed by atoms with E-state index in [4.69, 9.17) is 0 Å². The minimum Gasteiger partial charge on any atom is -0.388 e. The van der Waals surface area contributed by atoms with Crippen LogP contribution in [-0.4, -0.2) is 5.11 Å². The average molecular weight is 274 g/mol. The first-order valence-corrected chi connectivity index (χ1v) is 6.86. The molecule has 0 bridgehead atoms. The lowest BCUT2D eigenvalue weighted by Gasteiger charge is -2.16. The lowest BCUT2D eigenvalue weighted by molar-refractivity contribution is 0.176. The normalized spacial score (nSPS) is 16.1. The third-order valence-electron chi connectivity index (χ3n) is 3.79. The zero-order valence-corrected chi connectivity index (χ0v) is 11.0. The van der Waals surface area contributed by atoms with Crippen molar-refractivity contribution in [2.75, 3.05) is 0 Å². The maximum atomic E-state index is 13.6. The van der Waals surface area contributed by atoms with E-state index in [0.29, 0.717) is 5.92 Å². The van der Waals surface area contributed by atoms with Gasteiger partial charge in [-0.05, 0) is 53.6 Å². The highest BCUT2D eigenvalue weighted by Crippen LogP contribution is 2.43. The van der Waals surface area contributed by atoms with Crippen LogP contribution in [-0.2, 0) is 6.42 Å². The smallest absolute Gasteiger partial charge is 0.126 e. The summed E-state index contributed by atoms with van der Waals surface area (Å²) >= 11 is 0. The Hall–Kier alpha value is -1.74. The standard InChI is InChI=1S/C17H16F2O/c18-13-7-8-16(19)12(9-13)10-17(20)15-4-2-1-3-14(15)11-5-6-11/h1-4,7-9,11,17,20H,5-6,10H2. The molecule has 1 fully saturated rings. The van der Waals surface area contributed by atoms with Crippen LogP contribution in [0.4, 0.5) is 8.78 Å². The first kappa shape index (κ1) is 13.3. The molecule has 1 aliphatic carbocycles. The van der Waals surface area contributed by atoms with Gasteiger partial charge in [-0.25, -0.2) is 8.78 Å². The van der Waals surface area contributed by atoms with Crippen LogP contribution >= 0.6 is 0 Å². The highest BCUT2D eigenvalue weighted by molar-refractivity contribution is 5.36. The summed E-state index contributed by atoms with van der Waals surface area (Å²) in [5, 5.41) is 10.4. The first-order valence-electron chi connectivity index (χ1n) is 6.86. The summed E-state index contributed by atoms with van der Waals surface area (Å²) in [5.74, 6) is -0.448. The monoisotopic (exact) mass is 274 g/mol. The van der Waals surface area contributed by atoms with Gasteiger partial charge in [0, 0.05) is 6.42 Å². The molecule has 1 nitrogen and oxygen atoms in total. The van der Waals surface area contributed by atoms with Crippen LogP contribution in [0.2, 0.25) is 0 Å². The number of aliphatic hydroxyl groups is 1. The van der Waals surface area contributed by atoms with Gasteiger partial charge in [0.2, 0.25) is 0 Å². The van der Waals surface area contributed by atoms with Crippen molar-refractivity contribution in [1.82, 2.24) is 0 Å². The van der Waals surface area contributed by atoms with Crippen molar-refractivity contribution < 1.29 is 13.9 Å². The third kappa shape index (κ3) is 2.73. The van der Waals surface area contributed by atoms with E-state index in [1.165, 1.54) is 0 Å². The van der Waals surface area contributed by atoms with Crippen molar-refractivity contribution in [3.05, 3.63) is 70.8 Å². The molecule has 2 aromatic carbocycles. The fraction of sp³-hybridized carbons (Fsp3) is 0.294. The maximum Gasteiger partial charge on any atom is 0.126 e. The Morgan fingerprint density at radius 2 is 1.85 bits per heavy atom. The van der Waals surface area contributed by atoms with Gasteiger partial charge >= 0.3 is 0 Å². The summed E-state index contributed by atoms with van der Waals surface area (Å²) in [7, 11) is 0. The van der Waals surface area contributed by atoms with E-state index < -0.39 is 17.7 Å². The van der Waals surface area contributed by atoms with Crippen LogP contribution in [0.15, 0.2) is 42.5 Å². The molecule has 1 N–H and O–H groups in total. The molecular formula is C17H16F2O. The molecule has 0 radical (unpaired) electrons. The molecular weight excluding hydrogens is 258 g/mol. The molecule has 0 aliphatic heterocycles. The van der Waals surface area contributed by atoms with E-state index in [2.05, 4.69) is 0 Å².